The Morgan fingerprint density at radius 1 is 1.02 bits per heavy atom. The molecule has 4 heteroatoms. The van der Waals surface area contributed by atoms with E-state index in [9.17, 15) is 9.18 Å². The van der Waals surface area contributed by atoms with Gasteiger partial charge in [-0.1, -0.05) is 75.4 Å². The fourth-order valence-electron chi connectivity index (χ4n) is 7.00. The number of nitrogens with zero attached hydrogens (tertiary/aromatic N) is 1. The van der Waals surface area contributed by atoms with E-state index in [4.69, 9.17) is 0 Å². The van der Waals surface area contributed by atoms with Crippen molar-refractivity contribution in [2.24, 2.45) is 5.92 Å². The van der Waals surface area contributed by atoms with Gasteiger partial charge in [-0.2, -0.15) is 0 Å². The first-order valence-corrected chi connectivity index (χ1v) is 15.0. The summed E-state index contributed by atoms with van der Waals surface area (Å²) >= 11 is 0. The molecule has 3 aliphatic rings. The average Bonchev–Trinajstić information content (AvgIpc) is 3.62. The molecular weight excluding hydrogens is 495 g/mol. The van der Waals surface area contributed by atoms with E-state index >= 15 is 0 Å². The molecule has 3 aromatic carbocycles. The molecule has 1 aliphatic heterocycles. The van der Waals surface area contributed by atoms with Gasteiger partial charge in [-0.15, -0.1) is 0 Å². The second kappa shape index (κ2) is 13.4. The van der Waals surface area contributed by atoms with Gasteiger partial charge in [0.25, 0.3) is 0 Å². The van der Waals surface area contributed by atoms with E-state index in [1.807, 2.05) is 32.0 Å². The smallest absolute Gasteiger partial charge is 0.150 e. The third kappa shape index (κ3) is 6.23. The number of anilines is 1. The van der Waals surface area contributed by atoms with Crippen LogP contribution in [0.4, 0.5) is 10.1 Å². The normalized spacial score (nSPS) is 24.9. The van der Waals surface area contributed by atoms with Crippen LogP contribution in [-0.4, -0.2) is 37.4 Å². The monoisotopic (exact) mass is 540 g/mol. The SMILES string of the molecule is CC.CNc1cccc(F)c1.Cc1cc(C=O)ccc1C1CCC(N2CCC3(C=Cc4ccccc43)[C@@H](C)C2)C1. The van der Waals surface area contributed by atoms with Gasteiger partial charge >= 0.3 is 0 Å². The maximum absolute atomic E-state index is 12.3. The summed E-state index contributed by atoms with van der Waals surface area (Å²) in [7, 11) is 1.76. The number of aryl methyl sites for hydroxylation is 1. The van der Waals surface area contributed by atoms with Crippen molar-refractivity contribution in [3.63, 3.8) is 0 Å². The first kappa shape index (κ1) is 29.7. The number of nitrogens with one attached hydrogen (secondary N) is 1. The first-order valence-electron chi connectivity index (χ1n) is 15.0. The summed E-state index contributed by atoms with van der Waals surface area (Å²) in [5.41, 5.74) is 7.53. The Morgan fingerprint density at radius 2 is 1.82 bits per heavy atom. The minimum atomic E-state index is -0.207. The quantitative estimate of drug-likeness (QED) is 0.336. The second-order valence-electron chi connectivity index (χ2n) is 11.3. The molecule has 2 fully saturated rings. The predicted molar refractivity (Wildman–Crippen MR) is 167 cm³/mol. The fourth-order valence-corrected chi connectivity index (χ4v) is 7.00. The molecule has 1 N–H and O–H groups in total. The summed E-state index contributed by atoms with van der Waals surface area (Å²) < 4.78 is 12.3. The lowest BCUT2D eigenvalue weighted by Gasteiger charge is -2.46. The van der Waals surface area contributed by atoms with Crippen molar-refractivity contribution in [2.75, 3.05) is 25.5 Å². The minimum absolute atomic E-state index is 0.207. The predicted octanol–water partition coefficient (Wildman–Crippen LogP) is 8.64. The summed E-state index contributed by atoms with van der Waals surface area (Å²) in [6.45, 7) is 11.0. The average molecular weight is 541 g/mol. The Kier molecular flexibility index (Phi) is 9.97. The van der Waals surface area contributed by atoms with Crippen molar-refractivity contribution in [3.05, 3.63) is 106 Å². The number of likely N-dealkylation sites (tertiary alicyclic amines) is 1. The highest BCUT2D eigenvalue weighted by atomic mass is 19.1. The van der Waals surface area contributed by atoms with E-state index in [0.29, 0.717) is 17.9 Å². The topological polar surface area (TPSA) is 32.3 Å². The van der Waals surface area contributed by atoms with Crippen molar-refractivity contribution >= 4 is 18.0 Å². The molecule has 40 heavy (non-hydrogen) atoms. The van der Waals surface area contributed by atoms with Gasteiger partial charge in [0.15, 0.2) is 0 Å². The van der Waals surface area contributed by atoms with Crippen LogP contribution in [0.2, 0.25) is 0 Å². The van der Waals surface area contributed by atoms with E-state index in [0.717, 1.165) is 17.5 Å². The number of carbonyl (C=O) groups excluding carboxylic acids is 1. The van der Waals surface area contributed by atoms with Gasteiger partial charge < -0.3 is 10.2 Å². The number of benzene rings is 3. The summed E-state index contributed by atoms with van der Waals surface area (Å²) in [6, 6.07) is 22.2. The van der Waals surface area contributed by atoms with Crippen molar-refractivity contribution < 1.29 is 9.18 Å². The fraction of sp³-hybridized carbons (Fsp3) is 0.417. The zero-order valence-electron chi connectivity index (χ0n) is 24.8. The lowest BCUT2D eigenvalue weighted by atomic mass is 9.68. The van der Waals surface area contributed by atoms with Crippen LogP contribution < -0.4 is 5.32 Å². The number of halogens is 1. The number of carbonyl (C=O) groups is 1. The molecule has 4 atom stereocenters. The third-order valence-corrected chi connectivity index (χ3v) is 9.13. The molecule has 1 heterocycles. The Balaban J connectivity index is 0.000000285. The van der Waals surface area contributed by atoms with Gasteiger partial charge in [0.2, 0.25) is 0 Å². The zero-order chi connectivity index (χ0) is 28.7. The van der Waals surface area contributed by atoms with Crippen LogP contribution in [0.3, 0.4) is 0 Å². The van der Waals surface area contributed by atoms with Crippen LogP contribution >= 0.6 is 0 Å². The molecule has 1 saturated carbocycles. The number of hydrogen-bond acceptors (Lipinski definition) is 3. The zero-order valence-corrected chi connectivity index (χ0v) is 24.8. The molecule has 2 aliphatic carbocycles. The summed E-state index contributed by atoms with van der Waals surface area (Å²) in [6.07, 6.45) is 10.8. The van der Waals surface area contributed by atoms with E-state index in [1.54, 1.807) is 18.7 Å². The van der Waals surface area contributed by atoms with Gasteiger partial charge in [0, 0.05) is 36.3 Å². The van der Waals surface area contributed by atoms with Crippen LogP contribution in [-0.2, 0) is 5.41 Å². The molecule has 0 amide bonds. The second-order valence-corrected chi connectivity index (χ2v) is 11.3. The van der Waals surface area contributed by atoms with Crippen molar-refractivity contribution in [1.82, 2.24) is 4.90 Å². The molecule has 3 aromatic rings. The highest BCUT2D eigenvalue weighted by Crippen LogP contribution is 2.48. The van der Waals surface area contributed by atoms with Crippen LogP contribution in [0.25, 0.3) is 6.08 Å². The maximum atomic E-state index is 12.3. The number of aldehydes is 1. The number of allylic oxidation sites excluding steroid dienone is 1. The molecule has 1 spiro atoms. The van der Waals surface area contributed by atoms with Gasteiger partial charge in [-0.25, -0.2) is 4.39 Å². The van der Waals surface area contributed by atoms with Crippen molar-refractivity contribution in [3.8, 4) is 0 Å². The first-order chi connectivity index (χ1) is 19.4. The number of piperidine rings is 1. The molecule has 3 nitrogen and oxygen atoms in total. The number of rotatable bonds is 4. The molecule has 3 unspecified atom stereocenters. The largest absolute Gasteiger partial charge is 0.388 e. The third-order valence-electron chi connectivity index (χ3n) is 9.13. The number of hydrogen-bond donors (Lipinski definition) is 1. The molecule has 0 aromatic heterocycles. The standard InChI is InChI=1S/C27H31NO.C7H8FN.C2H6/c1-19-15-21(18-29)7-10-25(19)23-8-9-24(16-23)28-14-13-27(20(2)17-28)12-11-22-5-3-4-6-26(22)27;1-9-7-4-2-3-6(8)5-7;1-2/h3-7,10-12,15,18,20,23-24H,8-9,13-14,16-17H2,1-2H3;2-5,9H,1H3;1-2H3/t20-,23?,24?,27?;;/m0../s1. The lowest BCUT2D eigenvalue weighted by Crippen LogP contribution is -2.50. The minimum Gasteiger partial charge on any atom is -0.388 e. The van der Waals surface area contributed by atoms with Crippen LogP contribution in [0, 0.1) is 18.7 Å². The van der Waals surface area contributed by atoms with Gasteiger partial charge in [-0.3, -0.25) is 4.79 Å². The van der Waals surface area contributed by atoms with Crippen LogP contribution in [0.15, 0.2) is 72.8 Å². The van der Waals surface area contributed by atoms with Crippen molar-refractivity contribution in [1.29, 1.82) is 0 Å². The van der Waals surface area contributed by atoms with E-state index in [2.05, 4.69) is 66.5 Å². The summed E-state index contributed by atoms with van der Waals surface area (Å²) in [4.78, 5) is 13.8. The molecule has 0 bridgehead atoms. The van der Waals surface area contributed by atoms with E-state index in [1.165, 1.54) is 67.6 Å². The van der Waals surface area contributed by atoms with Crippen LogP contribution in [0.5, 0.6) is 0 Å². The van der Waals surface area contributed by atoms with Crippen molar-refractivity contribution in [2.45, 2.75) is 70.8 Å². The Hall–Kier alpha value is -3.24. The Labute approximate surface area is 240 Å². The number of fused-ring (bicyclic) bond motifs is 2. The van der Waals surface area contributed by atoms with Gasteiger partial charge in [-0.05, 0) is 97.5 Å². The van der Waals surface area contributed by atoms with Crippen LogP contribution in [0.1, 0.15) is 85.0 Å². The molecule has 212 valence electrons. The van der Waals surface area contributed by atoms with Gasteiger partial charge in [0.05, 0.1) is 0 Å². The molecule has 6 rings (SSSR count). The lowest BCUT2D eigenvalue weighted by molar-refractivity contribution is 0.0898. The highest BCUT2D eigenvalue weighted by Gasteiger charge is 2.45. The Morgan fingerprint density at radius 3 is 2.50 bits per heavy atom. The maximum Gasteiger partial charge on any atom is 0.150 e. The summed E-state index contributed by atoms with van der Waals surface area (Å²) in [5.74, 6) is 1.07. The molecule has 1 saturated heterocycles. The molecule has 0 radical (unpaired) electrons. The van der Waals surface area contributed by atoms with E-state index in [-0.39, 0.29) is 11.2 Å². The van der Waals surface area contributed by atoms with Gasteiger partial charge in [0.1, 0.15) is 12.1 Å². The summed E-state index contributed by atoms with van der Waals surface area (Å²) in [5, 5.41) is 2.83. The highest BCUT2D eigenvalue weighted by molar-refractivity contribution is 5.75. The Bertz CT molecular complexity index is 1320. The molecular formula is C36H45FN2O. The van der Waals surface area contributed by atoms with E-state index < -0.39 is 0 Å².